The zero-order valence-corrected chi connectivity index (χ0v) is 48.6. The van der Waals surface area contributed by atoms with Crippen LogP contribution < -0.4 is 16.0 Å². The van der Waals surface area contributed by atoms with E-state index >= 15 is 0 Å². The van der Waals surface area contributed by atoms with Gasteiger partial charge in [0.2, 0.25) is 11.8 Å². The van der Waals surface area contributed by atoms with Crippen LogP contribution in [-0.4, -0.2) is 192 Å². The van der Waals surface area contributed by atoms with Crippen molar-refractivity contribution in [3.63, 3.8) is 0 Å². The molecular formula is C61H92N6O14. The highest BCUT2D eigenvalue weighted by Crippen LogP contribution is 2.72. The first kappa shape index (κ1) is 58.4. The molecule has 4 heterocycles. The van der Waals surface area contributed by atoms with Gasteiger partial charge < -0.3 is 65.1 Å². The number of fused-ring (bicyclic) bond motifs is 10. The van der Waals surface area contributed by atoms with Crippen molar-refractivity contribution in [1.29, 1.82) is 0 Å². The van der Waals surface area contributed by atoms with Crippen molar-refractivity contribution >= 4 is 35.9 Å². The molecule has 0 aromatic rings. The van der Waals surface area contributed by atoms with Gasteiger partial charge in [-0.05, 0) is 179 Å². The van der Waals surface area contributed by atoms with E-state index in [2.05, 4.69) is 29.8 Å². The number of cyclic esters (lactones) is 2. The highest BCUT2D eigenvalue weighted by Gasteiger charge is 2.73. The summed E-state index contributed by atoms with van der Waals surface area (Å²) in [5.74, 6) is 0.669. The van der Waals surface area contributed by atoms with Crippen LogP contribution in [0.25, 0.3) is 0 Å². The van der Waals surface area contributed by atoms with Crippen LogP contribution >= 0.6 is 0 Å². The third-order valence-corrected chi connectivity index (χ3v) is 24.6. The fourth-order valence-electron chi connectivity index (χ4n) is 19.8. The molecule has 2 saturated heterocycles. The van der Waals surface area contributed by atoms with Gasteiger partial charge in [-0.3, -0.25) is 14.5 Å². The van der Waals surface area contributed by atoms with E-state index in [0.29, 0.717) is 89.9 Å². The summed E-state index contributed by atoms with van der Waals surface area (Å²) in [6, 6.07) is 0. The number of aliphatic hydroxyl groups excluding tert-OH is 2. The number of hydrogen-bond donors (Lipinski definition) is 7. The Bertz CT molecular complexity index is 2530. The van der Waals surface area contributed by atoms with Crippen LogP contribution in [0.1, 0.15) is 130 Å². The van der Waals surface area contributed by atoms with Crippen LogP contribution in [0.5, 0.6) is 0 Å². The summed E-state index contributed by atoms with van der Waals surface area (Å²) in [6.45, 7) is 14.6. The average molecular weight is 1130 g/mol. The maximum Gasteiger partial charge on any atom is 0.407 e. The summed E-state index contributed by atoms with van der Waals surface area (Å²) in [6.07, 6.45) is 13.3. The Morgan fingerprint density at radius 3 is 1.52 bits per heavy atom. The molecule has 81 heavy (non-hydrogen) atoms. The number of piperazine rings is 2. The fourth-order valence-corrected chi connectivity index (χ4v) is 19.8. The fraction of sp³-hybridized carbons (Fsp3) is 0.836. The summed E-state index contributed by atoms with van der Waals surface area (Å²) < 4.78 is 22.1. The Kier molecular flexibility index (Phi) is 16.1. The molecule has 0 spiro atoms. The van der Waals surface area contributed by atoms with E-state index in [4.69, 9.17) is 18.9 Å². The maximum atomic E-state index is 12.6. The third-order valence-electron chi connectivity index (χ3n) is 24.6. The lowest BCUT2D eigenvalue weighted by molar-refractivity contribution is -0.245. The predicted molar refractivity (Wildman–Crippen MR) is 294 cm³/mol. The van der Waals surface area contributed by atoms with Gasteiger partial charge in [0, 0.05) is 75.3 Å². The Hall–Kier alpha value is -4.34. The minimum absolute atomic E-state index is 0.0380. The Morgan fingerprint density at radius 1 is 0.617 bits per heavy atom. The van der Waals surface area contributed by atoms with Crippen molar-refractivity contribution < 1.29 is 68.1 Å². The van der Waals surface area contributed by atoms with Crippen LogP contribution in [-0.2, 0) is 38.1 Å². The number of carbonyl (C=O) groups is 6. The lowest BCUT2D eigenvalue weighted by Crippen LogP contribution is -2.67. The van der Waals surface area contributed by atoms with E-state index in [-0.39, 0.29) is 95.5 Å². The highest BCUT2D eigenvalue weighted by atomic mass is 16.6. The Balaban J connectivity index is 0.000000170. The SMILES string of the molecule is CN1CCN(CCNC(=O)OC2CCC3(C)C(CCC4C3CC(O)C3(C)C(C5=CC(=O)OC5)CCC43O)C2)C(=O)C1.C[C@]12CC[C@H](OC(=O)NCCN3CCNCC3=O)C[C@H]1CC[C@@H]1[C@@H]2C[C@@H](O)[C@]2(C)[C@@H](C3=CC(=O)OC3)CC[C@]12O. The van der Waals surface area contributed by atoms with Crippen LogP contribution in [0.2, 0.25) is 0 Å². The van der Waals surface area contributed by atoms with Gasteiger partial charge in [0.05, 0.1) is 36.5 Å². The molecule has 4 aliphatic heterocycles. The quantitative estimate of drug-likeness (QED) is 0.121. The van der Waals surface area contributed by atoms with Crippen molar-refractivity contribution in [1.82, 2.24) is 30.7 Å². The van der Waals surface area contributed by atoms with E-state index in [1.165, 1.54) is 0 Å². The molecule has 4 amide bonds. The number of esters is 2. The lowest BCUT2D eigenvalue weighted by atomic mass is 9.42. The van der Waals surface area contributed by atoms with E-state index in [1.807, 2.05) is 25.8 Å². The zero-order valence-electron chi connectivity index (χ0n) is 48.6. The van der Waals surface area contributed by atoms with Gasteiger partial charge in [-0.2, -0.15) is 0 Å². The molecule has 0 bridgehead atoms. The number of carbonyl (C=O) groups excluding carboxylic acids is 6. The number of rotatable bonds is 10. The molecule has 0 aromatic carbocycles. The van der Waals surface area contributed by atoms with Crippen LogP contribution in [0.15, 0.2) is 23.3 Å². The van der Waals surface area contributed by atoms with Gasteiger partial charge in [0.1, 0.15) is 25.4 Å². The monoisotopic (exact) mass is 1130 g/mol. The second-order valence-corrected chi connectivity index (χ2v) is 27.9. The van der Waals surface area contributed by atoms with E-state index < -0.39 is 46.4 Å². The smallest absolute Gasteiger partial charge is 0.407 e. The number of alkyl carbamates (subject to hydrolysis) is 2. The number of ether oxygens (including phenoxy) is 4. The van der Waals surface area contributed by atoms with Crippen LogP contribution in [0.4, 0.5) is 9.59 Å². The van der Waals surface area contributed by atoms with Crippen LogP contribution in [0.3, 0.4) is 0 Å². The molecule has 20 nitrogen and oxygen atoms in total. The van der Waals surface area contributed by atoms with Crippen molar-refractivity contribution in [2.45, 2.75) is 166 Å². The molecule has 12 aliphatic rings. The summed E-state index contributed by atoms with van der Waals surface area (Å²) in [5.41, 5.74) is -1.63. The number of nitrogens with one attached hydrogen (secondary N) is 3. The number of likely N-dealkylation sites (N-methyl/N-ethyl adjacent to an activating group) is 1. The molecule has 8 aliphatic carbocycles. The third kappa shape index (κ3) is 10.1. The van der Waals surface area contributed by atoms with Gasteiger partial charge in [0.15, 0.2) is 0 Å². The largest absolute Gasteiger partial charge is 0.458 e. The second kappa shape index (κ2) is 22.3. The number of aliphatic hydroxyl groups is 4. The first-order valence-corrected chi connectivity index (χ1v) is 30.9. The van der Waals surface area contributed by atoms with Gasteiger partial charge in [0.25, 0.3) is 0 Å². The Morgan fingerprint density at radius 2 is 1.09 bits per heavy atom. The van der Waals surface area contributed by atoms with Gasteiger partial charge >= 0.3 is 24.1 Å². The average Bonchev–Trinajstić information content (AvgIpc) is 3.33. The maximum absolute atomic E-state index is 12.6. The second-order valence-electron chi connectivity index (χ2n) is 27.9. The van der Waals surface area contributed by atoms with Gasteiger partial charge in [-0.1, -0.05) is 27.7 Å². The molecule has 7 N–H and O–H groups in total. The van der Waals surface area contributed by atoms with Crippen molar-refractivity contribution in [3.05, 3.63) is 23.3 Å². The molecule has 20 heteroatoms. The topological polar surface area (TPSA) is 266 Å². The molecule has 8 saturated carbocycles. The summed E-state index contributed by atoms with van der Waals surface area (Å²) >= 11 is 0. The minimum Gasteiger partial charge on any atom is -0.458 e. The van der Waals surface area contributed by atoms with E-state index in [1.54, 1.807) is 22.0 Å². The number of nitrogens with zero attached hydrogens (tertiary/aromatic N) is 3. The summed E-state index contributed by atoms with van der Waals surface area (Å²) in [7, 11) is 1.93. The molecule has 450 valence electrons. The van der Waals surface area contributed by atoms with Gasteiger partial charge in [-0.25, -0.2) is 19.2 Å². The zero-order chi connectivity index (χ0) is 57.4. The normalized spacial score (nSPS) is 44.6. The Labute approximate surface area is 477 Å². The number of hydrogen-bond acceptors (Lipinski definition) is 16. The van der Waals surface area contributed by atoms with Crippen LogP contribution in [0, 0.1) is 69.0 Å². The first-order valence-electron chi connectivity index (χ1n) is 30.9. The van der Waals surface area contributed by atoms with Crippen molar-refractivity contribution in [3.8, 4) is 0 Å². The first-order chi connectivity index (χ1) is 38.5. The van der Waals surface area contributed by atoms with E-state index in [0.717, 1.165) is 101 Å². The molecule has 9 unspecified atom stereocenters. The summed E-state index contributed by atoms with van der Waals surface area (Å²) in [4.78, 5) is 78.4. The lowest BCUT2D eigenvalue weighted by Gasteiger charge is -2.65. The van der Waals surface area contributed by atoms with Crippen molar-refractivity contribution in [2.24, 2.45) is 69.0 Å². The minimum atomic E-state index is -0.987. The van der Waals surface area contributed by atoms with Gasteiger partial charge in [-0.15, -0.1) is 0 Å². The molecule has 12 rings (SSSR count). The molecule has 18 atom stereocenters. The molecule has 0 radical (unpaired) electrons. The molecule has 0 aromatic heterocycles. The number of amides is 4. The standard InChI is InChI=1S/C31H47N3O7.C30H45N3O7/c1-29-8-6-21(41-28(38)32-10-11-34-13-12-33(3)17-26(34)36)15-20(29)4-5-23-24(29)16-25(35)30(2)22(7-9-31(23,30)39)19-14-27(37)40-18-19;1-28-7-5-20(40-27(37)32-10-12-33-11-9-31-16-25(33)35)14-19(28)3-4-22-23(28)15-24(34)29(2)21(6-8-30(22,29)38)18-13-26(36)39-17-18/h14,20-25,35,39H,4-13,15-18H2,1-3H3,(H,32,38);13,19-24,31,34,38H,3-12,14-17H2,1-2H3,(H,32,37)/t;19-,20+,21-,22-,23+,24-,28+,29+,30+/m.1/s1. The predicted octanol–water partition coefficient (Wildman–Crippen LogP) is 3.82. The summed E-state index contributed by atoms with van der Waals surface area (Å²) in [5, 5.41) is 56.9. The molecule has 10 fully saturated rings. The van der Waals surface area contributed by atoms with Crippen molar-refractivity contribution in [2.75, 3.05) is 85.7 Å². The van der Waals surface area contributed by atoms with E-state index in [9.17, 15) is 49.2 Å². The molecular weight excluding hydrogens is 1040 g/mol. The highest BCUT2D eigenvalue weighted by molar-refractivity contribution is 5.86.